The van der Waals surface area contributed by atoms with Crippen LogP contribution in [0.15, 0.2) is 35.2 Å². The zero-order valence-electron chi connectivity index (χ0n) is 15.3. The molecule has 3 atom stereocenters. The van der Waals surface area contributed by atoms with Crippen LogP contribution in [0.3, 0.4) is 0 Å². The summed E-state index contributed by atoms with van der Waals surface area (Å²) in [6, 6.07) is 7.03. The fourth-order valence-electron chi connectivity index (χ4n) is 3.14. The van der Waals surface area contributed by atoms with Gasteiger partial charge in [0.2, 0.25) is 15.9 Å². The molecule has 4 N–H and O–H groups in total. The number of aliphatic hydroxyl groups excluding tert-OH is 1. The molecule has 7 nitrogen and oxygen atoms in total. The van der Waals surface area contributed by atoms with Gasteiger partial charge in [0, 0.05) is 13.1 Å². The maximum absolute atomic E-state index is 12.8. The van der Waals surface area contributed by atoms with Crippen molar-refractivity contribution in [1.29, 1.82) is 0 Å². The highest BCUT2D eigenvalue weighted by atomic mass is 32.2. The van der Waals surface area contributed by atoms with Crippen molar-refractivity contribution in [2.45, 2.75) is 56.2 Å². The Morgan fingerprint density at radius 2 is 2.00 bits per heavy atom. The second-order valence-corrected chi connectivity index (χ2v) is 9.17. The summed E-state index contributed by atoms with van der Waals surface area (Å²) >= 11 is 0. The van der Waals surface area contributed by atoms with Crippen molar-refractivity contribution in [2.24, 2.45) is 11.7 Å². The average Bonchev–Trinajstić information content (AvgIpc) is 2.77. The number of sulfonamides is 1. The van der Waals surface area contributed by atoms with Crippen LogP contribution in [0, 0.1) is 5.92 Å². The number of carbonyl (C=O) groups is 1. The Morgan fingerprint density at radius 3 is 2.62 bits per heavy atom. The topological polar surface area (TPSA) is 113 Å². The van der Waals surface area contributed by atoms with Gasteiger partial charge in [-0.2, -0.15) is 4.31 Å². The molecule has 2 rings (SSSR count). The van der Waals surface area contributed by atoms with E-state index in [2.05, 4.69) is 5.32 Å². The van der Waals surface area contributed by atoms with Gasteiger partial charge < -0.3 is 16.2 Å². The lowest BCUT2D eigenvalue weighted by Gasteiger charge is -2.26. The molecular weight excluding hydrogens is 354 g/mol. The largest absolute Gasteiger partial charge is 0.390 e. The molecule has 146 valence electrons. The number of nitrogens with zero attached hydrogens (tertiary/aromatic N) is 1. The maximum Gasteiger partial charge on any atom is 0.243 e. The van der Waals surface area contributed by atoms with Crippen molar-refractivity contribution in [3.63, 3.8) is 0 Å². The predicted molar refractivity (Wildman–Crippen MR) is 99.8 cm³/mol. The van der Waals surface area contributed by atoms with E-state index in [1.165, 1.54) is 16.4 Å². The van der Waals surface area contributed by atoms with E-state index in [0.29, 0.717) is 31.7 Å². The van der Waals surface area contributed by atoms with Gasteiger partial charge in [-0.25, -0.2) is 8.42 Å². The fraction of sp³-hybridized carbons (Fsp3) is 0.611. The molecule has 1 aromatic carbocycles. The Bertz CT molecular complexity index is 694. The molecule has 1 aliphatic heterocycles. The van der Waals surface area contributed by atoms with Crippen molar-refractivity contribution in [3.05, 3.63) is 30.3 Å². The van der Waals surface area contributed by atoms with Crippen LogP contribution in [0.5, 0.6) is 0 Å². The lowest BCUT2D eigenvalue weighted by molar-refractivity contribution is -0.124. The molecule has 0 aromatic heterocycles. The van der Waals surface area contributed by atoms with Gasteiger partial charge in [0.25, 0.3) is 0 Å². The lowest BCUT2D eigenvalue weighted by Crippen LogP contribution is -2.51. The van der Waals surface area contributed by atoms with Gasteiger partial charge in [0.05, 0.1) is 23.1 Å². The van der Waals surface area contributed by atoms with Gasteiger partial charge in [0.15, 0.2) is 0 Å². The summed E-state index contributed by atoms with van der Waals surface area (Å²) < 4.78 is 26.8. The normalized spacial score (nSPS) is 23.4. The fourth-order valence-corrected chi connectivity index (χ4v) is 4.66. The number of amides is 1. The highest BCUT2D eigenvalue weighted by Crippen LogP contribution is 2.20. The number of nitrogens with two attached hydrogens (primary N) is 1. The van der Waals surface area contributed by atoms with Gasteiger partial charge in [-0.1, -0.05) is 32.0 Å². The molecular formula is C18H29N3O4S. The van der Waals surface area contributed by atoms with E-state index in [9.17, 15) is 18.3 Å². The number of nitrogens with one attached hydrogen (secondary N) is 1. The van der Waals surface area contributed by atoms with Crippen molar-refractivity contribution < 1.29 is 18.3 Å². The predicted octanol–water partition coefficient (Wildman–Crippen LogP) is 0.690. The monoisotopic (exact) mass is 383 g/mol. The Hall–Kier alpha value is -1.48. The quantitative estimate of drug-likeness (QED) is 0.669. The van der Waals surface area contributed by atoms with Gasteiger partial charge in [0.1, 0.15) is 0 Å². The van der Waals surface area contributed by atoms with Crippen molar-refractivity contribution in [3.8, 4) is 0 Å². The highest BCUT2D eigenvalue weighted by molar-refractivity contribution is 7.89. The molecule has 1 aliphatic rings. The van der Waals surface area contributed by atoms with Gasteiger partial charge in [-0.3, -0.25) is 4.79 Å². The van der Waals surface area contributed by atoms with E-state index in [0.717, 1.165) is 0 Å². The van der Waals surface area contributed by atoms with E-state index in [4.69, 9.17) is 5.73 Å². The number of aliphatic hydroxyl groups is 1. The van der Waals surface area contributed by atoms with Gasteiger partial charge in [-0.05, 0) is 37.3 Å². The SMILES string of the molecule is CC(C)C[C@H](N)C(=O)NC1CCCN(S(=O)(=O)c2ccccc2)CC1O. The second kappa shape index (κ2) is 8.94. The summed E-state index contributed by atoms with van der Waals surface area (Å²) in [5.74, 6) is -0.0107. The van der Waals surface area contributed by atoms with Crippen LogP contribution < -0.4 is 11.1 Å². The van der Waals surface area contributed by atoms with Gasteiger partial charge in [-0.15, -0.1) is 0 Å². The molecule has 1 heterocycles. The van der Waals surface area contributed by atoms with E-state index in [1.807, 2.05) is 13.8 Å². The minimum atomic E-state index is -3.67. The number of rotatable bonds is 6. The zero-order valence-corrected chi connectivity index (χ0v) is 16.2. The van der Waals surface area contributed by atoms with Crippen molar-refractivity contribution in [2.75, 3.05) is 13.1 Å². The van der Waals surface area contributed by atoms with E-state index in [1.54, 1.807) is 18.2 Å². The number of β-amino-alcohol motifs (C(OH)–C–C–N with tert-alkyl or cyclic N) is 1. The Labute approximate surface area is 155 Å². The summed E-state index contributed by atoms with van der Waals surface area (Å²) in [6.07, 6.45) is 0.630. The van der Waals surface area contributed by atoms with E-state index in [-0.39, 0.29) is 17.3 Å². The maximum atomic E-state index is 12.8. The summed E-state index contributed by atoms with van der Waals surface area (Å²) in [4.78, 5) is 12.4. The number of hydrogen-bond acceptors (Lipinski definition) is 5. The van der Waals surface area contributed by atoms with Crippen LogP contribution in [-0.4, -0.2) is 55.0 Å². The lowest BCUT2D eigenvalue weighted by atomic mass is 10.0. The molecule has 26 heavy (non-hydrogen) atoms. The van der Waals surface area contributed by atoms with Crippen molar-refractivity contribution >= 4 is 15.9 Å². The third-order valence-electron chi connectivity index (χ3n) is 4.55. The third-order valence-corrected chi connectivity index (χ3v) is 6.43. The first kappa shape index (κ1) is 20.8. The Balaban J connectivity index is 2.04. The highest BCUT2D eigenvalue weighted by Gasteiger charge is 2.33. The summed E-state index contributed by atoms with van der Waals surface area (Å²) in [7, 11) is -3.67. The summed E-state index contributed by atoms with van der Waals surface area (Å²) in [5, 5.41) is 13.3. The first-order valence-corrected chi connectivity index (χ1v) is 10.4. The molecule has 0 bridgehead atoms. The van der Waals surface area contributed by atoms with Crippen LogP contribution in [0.1, 0.15) is 33.1 Å². The molecule has 0 radical (unpaired) electrons. The zero-order chi connectivity index (χ0) is 19.3. The summed E-state index contributed by atoms with van der Waals surface area (Å²) in [6.45, 7) is 4.22. The number of benzene rings is 1. The second-order valence-electron chi connectivity index (χ2n) is 7.24. The van der Waals surface area contributed by atoms with E-state index >= 15 is 0 Å². The van der Waals surface area contributed by atoms with Crippen molar-refractivity contribution in [1.82, 2.24) is 9.62 Å². The minimum Gasteiger partial charge on any atom is -0.390 e. The molecule has 1 aromatic rings. The molecule has 8 heteroatoms. The molecule has 1 amide bonds. The average molecular weight is 384 g/mol. The minimum absolute atomic E-state index is 0.0540. The van der Waals surface area contributed by atoms with Gasteiger partial charge >= 0.3 is 0 Å². The summed E-state index contributed by atoms with van der Waals surface area (Å²) in [5.41, 5.74) is 5.89. The Kier molecular flexibility index (Phi) is 7.16. The van der Waals surface area contributed by atoms with Crippen LogP contribution >= 0.6 is 0 Å². The van der Waals surface area contributed by atoms with Crippen LogP contribution in [-0.2, 0) is 14.8 Å². The van der Waals surface area contributed by atoms with Crippen LogP contribution in [0.2, 0.25) is 0 Å². The molecule has 0 saturated carbocycles. The number of hydrogen-bond donors (Lipinski definition) is 3. The molecule has 0 aliphatic carbocycles. The molecule has 1 fully saturated rings. The molecule has 2 unspecified atom stereocenters. The Morgan fingerprint density at radius 1 is 1.35 bits per heavy atom. The van der Waals surface area contributed by atoms with Crippen LogP contribution in [0.25, 0.3) is 0 Å². The first-order chi connectivity index (χ1) is 12.2. The molecule has 1 saturated heterocycles. The third kappa shape index (κ3) is 5.26. The standard InChI is InChI=1S/C18H29N3O4S/c1-13(2)11-15(19)18(23)20-16-9-6-10-21(12-17(16)22)26(24,25)14-7-4-3-5-8-14/h3-5,7-8,13,15-17,22H,6,9-12,19H2,1-2H3,(H,20,23)/t15-,16?,17?/m0/s1. The molecule has 0 spiro atoms. The smallest absolute Gasteiger partial charge is 0.243 e. The van der Waals surface area contributed by atoms with Crippen LogP contribution in [0.4, 0.5) is 0 Å². The van der Waals surface area contributed by atoms with E-state index < -0.39 is 28.2 Å². The first-order valence-electron chi connectivity index (χ1n) is 9.01. The number of carbonyl (C=O) groups excluding carboxylic acids is 1.